The van der Waals surface area contributed by atoms with Crippen molar-refractivity contribution in [2.75, 3.05) is 6.54 Å². The predicted molar refractivity (Wildman–Crippen MR) is 77.2 cm³/mol. The zero-order valence-electron chi connectivity index (χ0n) is 11.7. The predicted octanol–water partition coefficient (Wildman–Crippen LogP) is 0.906. The zero-order chi connectivity index (χ0) is 14.7. The number of imidazole rings is 1. The van der Waals surface area contributed by atoms with Gasteiger partial charge in [0.05, 0.1) is 6.20 Å². The van der Waals surface area contributed by atoms with E-state index in [2.05, 4.69) is 20.4 Å². The van der Waals surface area contributed by atoms with Gasteiger partial charge in [0.1, 0.15) is 17.2 Å². The molecule has 108 valence electrons. The number of carbonyl (C=O) groups is 1. The van der Waals surface area contributed by atoms with Gasteiger partial charge in [-0.3, -0.25) is 9.48 Å². The van der Waals surface area contributed by atoms with E-state index in [1.165, 1.54) is 0 Å². The van der Waals surface area contributed by atoms with E-state index in [1.54, 1.807) is 23.3 Å². The summed E-state index contributed by atoms with van der Waals surface area (Å²) in [5.41, 5.74) is 0.549. The molecule has 0 aromatic carbocycles. The summed E-state index contributed by atoms with van der Waals surface area (Å²) in [6.07, 6.45) is 9.48. The number of nitrogens with zero attached hydrogens (tertiary/aromatic N) is 4. The quantitative estimate of drug-likeness (QED) is 0.730. The lowest BCUT2D eigenvalue weighted by Gasteiger charge is -2.08. The number of aromatic amines is 1. The second-order valence-electron chi connectivity index (χ2n) is 4.64. The van der Waals surface area contributed by atoms with Crippen LogP contribution in [0, 0.1) is 0 Å². The third kappa shape index (κ3) is 2.71. The van der Waals surface area contributed by atoms with Crippen molar-refractivity contribution >= 4 is 5.91 Å². The van der Waals surface area contributed by atoms with Crippen molar-refractivity contribution in [1.29, 1.82) is 0 Å². The molecule has 3 rings (SSSR count). The number of rotatable bonds is 5. The number of hydrogen-bond donors (Lipinski definition) is 2. The van der Waals surface area contributed by atoms with E-state index in [1.807, 2.05) is 36.1 Å². The van der Waals surface area contributed by atoms with Crippen LogP contribution in [0.2, 0.25) is 0 Å². The van der Waals surface area contributed by atoms with Crippen LogP contribution in [-0.4, -0.2) is 36.8 Å². The zero-order valence-corrected chi connectivity index (χ0v) is 11.7. The molecule has 0 fully saturated rings. The Morgan fingerprint density at radius 2 is 2.19 bits per heavy atom. The van der Waals surface area contributed by atoms with Gasteiger partial charge >= 0.3 is 0 Å². The number of aryl methyl sites for hydroxylation is 1. The van der Waals surface area contributed by atoms with Crippen LogP contribution in [0.1, 0.15) is 16.2 Å². The van der Waals surface area contributed by atoms with Crippen molar-refractivity contribution in [3.05, 3.63) is 54.5 Å². The van der Waals surface area contributed by atoms with E-state index < -0.39 is 0 Å². The standard InChI is InChI=1S/C14H16N6O/c1-19-14(20-8-2-3-9-20)11(10-18-19)13(21)17-5-4-12-15-6-7-16-12/h2-3,6-10H,4-5H2,1H3,(H,15,16)(H,17,21). The van der Waals surface area contributed by atoms with Gasteiger partial charge in [0.25, 0.3) is 5.91 Å². The molecular weight excluding hydrogens is 268 g/mol. The van der Waals surface area contributed by atoms with Crippen LogP contribution in [0.3, 0.4) is 0 Å². The first kappa shape index (κ1) is 13.2. The van der Waals surface area contributed by atoms with Crippen LogP contribution in [0.4, 0.5) is 0 Å². The lowest BCUT2D eigenvalue weighted by Crippen LogP contribution is -2.26. The lowest BCUT2D eigenvalue weighted by atomic mass is 10.3. The monoisotopic (exact) mass is 284 g/mol. The van der Waals surface area contributed by atoms with Crippen molar-refractivity contribution in [1.82, 2.24) is 29.6 Å². The largest absolute Gasteiger partial charge is 0.351 e. The van der Waals surface area contributed by atoms with Gasteiger partial charge in [-0.15, -0.1) is 0 Å². The van der Waals surface area contributed by atoms with Gasteiger partial charge in [-0.05, 0) is 12.1 Å². The van der Waals surface area contributed by atoms with Crippen molar-refractivity contribution in [2.45, 2.75) is 6.42 Å². The molecule has 0 bridgehead atoms. The van der Waals surface area contributed by atoms with Gasteiger partial charge in [0.15, 0.2) is 0 Å². The average molecular weight is 284 g/mol. The van der Waals surface area contributed by atoms with E-state index in [9.17, 15) is 4.79 Å². The Bertz CT molecular complexity index is 711. The van der Waals surface area contributed by atoms with Gasteiger partial charge < -0.3 is 14.9 Å². The number of aromatic nitrogens is 5. The van der Waals surface area contributed by atoms with Gasteiger partial charge in [-0.2, -0.15) is 5.10 Å². The molecule has 21 heavy (non-hydrogen) atoms. The van der Waals surface area contributed by atoms with Crippen LogP contribution in [0.25, 0.3) is 5.82 Å². The van der Waals surface area contributed by atoms with Gasteiger partial charge in [-0.1, -0.05) is 0 Å². The van der Waals surface area contributed by atoms with E-state index in [0.717, 1.165) is 11.6 Å². The summed E-state index contributed by atoms with van der Waals surface area (Å²) in [5, 5.41) is 7.06. The smallest absolute Gasteiger partial charge is 0.256 e. The maximum atomic E-state index is 12.3. The number of carbonyl (C=O) groups excluding carboxylic acids is 1. The third-order valence-electron chi connectivity index (χ3n) is 3.20. The molecule has 0 aliphatic carbocycles. The molecule has 0 atom stereocenters. The SMILES string of the molecule is Cn1ncc(C(=O)NCCc2ncc[nH]2)c1-n1cccc1. The Balaban J connectivity index is 1.70. The fourth-order valence-electron chi connectivity index (χ4n) is 2.20. The Labute approximate surface area is 121 Å². The van der Waals surface area contributed by atoms with E-state index in [4.69, 9.17) is 0 Å². The summed E-state index contributed by atoms with van der Waals surface area (Å²) in [6.45, 7) is 0.520. The lowest BCUT2D eigenvalue weighted by molar-refractivity contribution is 0.0954. The Morgan fingerprint density at radius 3 is 2.90 bits per heavy atom. The topological polar surface area (TPSA) is 80.5 Å². The molecule has 0 saturated heterocycles. The maximum Gasteiger partial charge on any atom is 0.256 e. The van der Waals surface area contributed by atoms with Crippen LogP contribution >= 0.6 is 0 Å². The van der Waals surface area contributed by atoms with Crippen LogP contribution in [0.5, 0.6) is 0 Å². The first-order valence-electron chi connectivity index (χ1n) is 6.67. The molecule has 3 aromatic rings. The fraction of sp³-hybridized carbons (Fsp3) is 0.214. The molecule has 3 heterocycles. The highest BCUT2D eigenvalue weighted by molar-refractivity contribution is 5.97. The molecular formula is C14H16N6O. The highest BCUT2D eigenvalue weighted by Gasteiger charge is 2.16. The molecule has 0 unspecified atom stereocenters. The summed E-state index contributed by atoms with van der Waals surface area (Å²) >= 11 is 0. The minimum absolute atomic E-state index is 0.140. The maximum absolute atomic E-state index is 12.3. The minimum atomic E-state index is -0.140. The van der Waals surface area contributed by atoms with Crippen LogP contribution < -0.4 is 5.32 Å². The molecule has 0 saturated carbocycles. The number of H-pyrrole nitrogens is 1. The summed E-state index contributed by atoms with van der Waals surface area (Å²) < 4.78 is 3.55. The highest BCUT2D eigenvalue weighted by Crippen LogP contribution is 2.13. The molecule has 0 radical (unpaired) electrons. The van der Waals surface area contributed by atoms with Crippen molar-refractivity contribution in [3.8, 4) is 5.82 Å². The molecule has 0 spiro atoms. The molecule has 1 amide bonds. The molecule has 0 aliphatic rings. The van der Waals surface area contributed by atoms with Crippen LogP contribution in [-0.2, 0) is 13.5 Å². The van der Waals surface area contributed by atoms with Gasteiger partial charge in [-0.25, -0.2) is 4.98 Å². The average Bonchev–Trinajstić information content (AvgIpc) is 3.18. The second-order valence-corrected chi connectivity index (χ2v) is 4.64. The number of nitrogens with one attached hydrogen (secondary N) is 2. The van der Waals surface area contributed by atoms with Gasteiger partial charge in [0, 0.05) is 44.8 Å². The summed E-state index contributed by atoms with van der Waals surface area (Å²) in [5.74, 6) is 1.46. The second kappa shape index (κ2) is 5.66. The fourth-order valence-corrected chi connectivity index (χ4v) is 2.20. The Kier molecular flexibility index (Phi) is 3.55. The van der Waals surface area contributed by atoms with E-state index >= 15 is 0 Å². The molecule has 7 nitrogen and oxygen atoms in total. The highest BCUT2D eigenvalue weighted by atomic mass is 16.1. The number of amides is 1. The van der Waals surface area contributed by atoms with Gasteiger partial charge in [0.2, 0.25) is 0 Å². The number of hydrogen-bond acceptors (Lipinski definition) is 3. The summed E-state index contributed by atoms with van der Waals surface area (Å²) in [4.78, 5) is 19.4. The van der Waals surface area contributed by atoms with Crippen LogP contribution in [0.15, 0.2) is 43.1 Å². The van der Waals surface area contributed by atoms with Crippen molar-refractivity contribution in [2.24, 2.45) is 7.05 Å². The van der Waals surface area contributed by atoms with Crippen molar-refractivity contribution < 1.29 is 4.79 Å². The normalized spacial score (nSPS) is 10.7. The summed E-state index contributed by atoms with van der Waals surface area (Å²) in [7, 11) is 1.81. The van der Waals surface area contributed by atoms with Crippen molar-refractivity contribution in [3.63, 3.8) is 0 Å². The molecule has 7 heteroatoms. The van der Waals surface area contributed by atoms with E-state index in [-0.39, 0.29) is 5.91 Å². The van der Waals surface area contributed by atoms with E-state index in [0.29, 0.717) is 18.5 Å². The molecule has 3 aromatic heterocycles. The minimum Gasteiger partial charge on any atom is -0.351 e. The summed E-state index contributed by atoms with van der Waals surface area (Å²) in [6, 6.07) is 3.82. The molecule has 2 N–H and O–H groups in total. The first-order valence-corrected chi connectivity index (χ1v) is 6.67. The Morgan fingerprint density at radius 1 is 1.38 bits per heavy atom. The Hall–Kier alpha value is -2.83. The molecule has 0 aliphatic heterocycles. The third-order valence-corrected chi connectivity index (χ3v) is 3.20. The first-order chi connectivity index (χ1) is 10.3.